The molecule has 0 aromatic carbocycles. The van der Waals surface area contributed by atoms with Crippen molar-refractivity contribution in [3.8, 4) is 0 Å². The zero-order valence-electron chi connectivity index (χ0n) is 15.8. The molecular weight excluding hydrogens is 433 g/mol. The minimum Gasteiger partial charge on any atom is -0.361 e. The van der Waals surface area contributed by atoms with Gasteiger partial charge in [0, 0.05) is 32.6 Å². The van der Waals surface area contributed by atoms with Crippen molar-refractivity contribution >= 4 is 35.8 Å². The molecule has 1 aromatic heterocycles. The topological polar surface area (TPSA) is 82.8 Å². The highest BCUT2D eigenvalue weighted by Gasteiger charge is 2.13. The summed E-state index contributed by atoms with van der Waals surface area (Å²) in [6, 6.07) is 0. The van der Waals surface area contributed by atoms with E-state index in [4.69, 9.17) is 4.52 Å². The molecule has 2 N–H and O–H groups in total. The summed E-state index contributed by atoms with van der Waals surface area (Å²) in [5.74, 6) is 1.41. The van der Waals surface area contributed by atoms with E-state index in [0.29, 0.717) is 19.0 Å². The van der Waals surface area contributed by atoms with Gasteiger partial charge in [-0.15, -0.1) is 24.0 Å². The highest BCUT2D eigenvalue weighted by atomic mass is 127. The Bertz CT molecular complexity index is 574. The van der Waals surface area contributed by atoms with E-state index in [2.05, 4.69) is 27.4 Å². The third-order valence-electron chi connectivity index (χ3n) is 3.47. The molecule has 1 rings (SSSR count). The Hall–Kier alpha value is -1.58. The second kappa shape index (κ2) is 11.9. The number of halogens is 1. The van der Waals surface area contributed by atoms with Gasteiger partial charge >= 0.3 is 0 Å². The lowest BCUT2D eigenvalue weighted by molar-refractivity contribution is -0.127. The Labute approximate surface area is 167 Å². The smallest absolute Gasteiger partial charge is 0.241 e. The van der Waals surface area contributed by atoms with Crippen LogP contribution in [0.3, 0.4) is 0 Å². The van der Waals surface area contributed by atoms with Crippen LogP contribution in [0.25, 0.3) is 0 Å². The molecule has 1 heterocycles. The van der Waals surface area contributed by atoms with Crippen molar-refractivity contribution in [3.63, 3.8) is 0 Å². The quantitative estimate of drug-likeness (QED) is 0.267. The van der Waals surface area contributed by atoms with E-state index in [-0.39, 0.29) is 36.4 Å². The average molecular weight is 463 g/mol. The monoisotopic (exact) mass is 463 g/mol. The highest BCUT2D eigenvalue weighted by Crippen LogP contribution is 2.16. The van der Waals surface area contributed by atoms with Crippen LogP contribution in [-0.2, 0) is 24.2 Å². The van der Waals surface area contributed by atoms with E-state index in [1.807, 2.05) is 20.8 Å². The number of nitrogens with zero attached hydrogens (tertiary/aromatic N) is 3. The van der Waals surface area contributed by atoms with Crippen molar-refractivity contribution in [3.05, 3.63) is 29.2 Å². The number of nitrogens with one attached hydrogen (secondary N) is 2. The van der Waals surface area contributed by atoms with Crippen LogP contribution in [0.2, 0.25) is 0 Å². The predicted molar refractivity (Wildman–Crippen MR) is 111 cm³/mol. The summed E-state index contributed by atoms with van der Waals surface area (Å²) in [5.41, 5.74) is 2.94. The van der Waals surface area contributed by atoms with Gasteiger partial charge in [-0.25, -0.2) is 4.99 Å². The zero-order valence-corrected chi connectivity index (χ0v) is 18.1. The predicted octanol–water partition coefficient (Wildman–Crippen LogP) is 2.12. The zero-order chi connectivity index (χ0) is 18.1. The molecule has 0 atom stereocenters. The lowest BCUT2D eigenvalue weighted by Gasteiger charge is -2.15. The third kappa shape index (κ3) is 7.89. The molecule has 0 saturated heterocycles. The van der Waals surface area contributed by atoms with Crippen molar-refractivity contribution in [2.75, 3.05) is 27.2 Å². The van der Waals surface area contributed by atoms with Gasteiger partial charge in [0.05, 0.1) is 18.8 Å². The van der Waals surface area contributed by atoms with Crippen LogP contribution in [0, 0.1) is 0 Å². The Morgan fingerprint density at radius 2 is 1.88 bits per heavy atom. The Balaban J connectivity index is 0.00000576. The molecule has 0 aliphatic heterocycles. The summed E-state index contributed by atoms with van der Waals surface area (Å²) in [6.07, 6.45) is 1.58. The summed E-state index contributed by atoms with van der Waals surface area (Å²) in [7, 11) is 3.45. The molecule has 0 fully saturated rings. The number of carbonyl (C=O) groups excluding carboxylic acids is 1. The largest absolute Gasteiger partial charge is 0.361 e. The summed E-state index contributed by atoms with van der Waals surface area (Å²) in [6.45, 7) is 11.1. The van der Waals surface area contributed by atoms with Gasteiger partial charge in [0.15, 0.2) is 5.96 Å². The van der Waals surface area contributed by atoms with Gasteiger partial charge in [0.2, 0.25) is 5.91 Å². The van der Waals surface area contributed by atoms with Crippen LogP contribution >= 0.6 is 24.0 Å². The number of amides is 1. The normalized spacial score (nSPS) is 10.8. The van der Waals surface area contributed by atoms with Crippen molar-refractivity contribution in [1.29, 1.82) is 0 Å². The number of rotatable bonds is 8. The maximum absolute atomic E-state index is 11.8. The van der Waals surface area contributed by atoms with Gasteiger partial charge in [0.1, 0.15) is 5.76 Å². The first kappa shape index (κ1) is 23.4. The maximum atomic E-state index is 11.8. The van der Waals surface area contributed by atoms with Gasteiger partial charge in [0.25, 0.3) is 0 Å². The molecule has 0 aliphatic rings. The van der Waals surface area contributed by atoms with E-state index in [1.165, 1.54) is 4.90 Å². The average Bonchev–Trinajstić information content (AvgIpc) is 2.95. The van der Waals surface area contributed by atoms with Crippen LogP contribution in [0.15, 0.2) is 21.7 Å². The van der Waals surface area contributed by atoms with Crippen molar-refractivity contribution in [2.24, 2.45) is 4.99 Å². The van der Waals surface area contributed by atoms with Crippen LogP contribution in [0.1, 0.15) is 37.8 Å². The first-order valence-corrected chi connectivity index (χ1v) is 8.21. The molecule has 1 aromatic rings. The van der Waals surface area contributed by atoms with E-state index in [9.17, 15) is 4.79 Å². The van der Waals surface area contributed by atoms with Gasteiger partial charge in [-0.05, 0) is 13.3 Å². The first-order valence-electron chi connectivity index (χ1n) is 8.21. The third-order valence-corrected chi connectivity index (χ3v) is 3.47. The lowest BCUT2D eigenvalue weighted by atomic mass is 10.1. The Morgan fingerprint density at radius 3 is 2.40 bits per heavy atom. The number of hydrogen-bond acceptors (Lipinski definition) is 4. The summed E-state index contributed by atoms with van der Waals surface area (Å²) in [4.78, 5) is 17.9. The molecule has 7 nitrogen and oxygen atoms in total. The molecule has 25 heavy (non-hydrogen) atoms. The molecular formula is C17H30IN5O2. The van der Waals surface area contributed by atoms with E-state index in [1.54, 1.807) is 14.1 Å². The molecule has 0 bridgehead atoms. The van der Waals surface area contributed by atoms with E-state index >= 15 is 0 Å². The number of guanidine groups is 1. The van der Waals surface area contributed by atoms with E-state index < -0.39 is 0 Å². The molecule has 8 heteroatoms. The number of aliphatic imine (C=N–C) groups is 1. The second-order valence-corrected chi connectivity index (χ2v) is 5.86. The molecule has 0 radical (unpaired) electrons. The van der Waals surface area contributed by atoms with Crippen molar-refractivity contribution in [1.82, 2.24) is 20.7 Å². The lowest BCUT2D eigenvalue weighted by Crippen LogP contribution is -2.43. The number of aromatic nitrogens is 1. The molecule has 0 unspecified atom stereocenters. The first-order chi connectivity index (χ1) is 11.4. The highest BCUT2D eigenvalue weighted by molar-refractivity contribution is 14.0. The molecule has 142 valence electrons. The Kier molecular flexibility index (Phi) is 11.1. The fourth-order valence-corrected chi connectivity index (χ4v) is 2.00. The minimum absolute atomic E-state index is 0. The second-order valence-electron chi connectivity index (χ2n) is 5.86. The molecule has 0 spiro atoms. The standard InChI is InChI=1S/C17H29N5O2.HI/c1-7-14-13(15(8-2)24-21-14)10-19-17(18-9-12(3)4)20-11-16(23)22(5)6;/h3,7-11H2,1-2,4-6H3,(H2,18,19,20);1H. The SMILES string of the molecule is C=C(C)CNC(=NCc1c(CC)noc1CC)NCC(=O)N(C)C.I. The van der Waals surface area contributed by atoms with Crippen LogP contribution in [0.4, 0.5) is 0 Å². The number of aryl methyl sites for hydroxylation is 2. The van der Waals surface area contributed by atoms with E-state index in [0.717, 1.165) is 35.4 Å². The van der Waals surface area contributed by atoms with Gasteiger partial charge in [-0.3, -0.25) is 4.79 Å². The number of carbonyl (C=O) groups is 1. The molecule has 0 aliphatic carbocycles. The van der Waals surface area contributed by atoms with Crippen LogP contribution < -0.4 is 10.6 Å². The summed E-state index contributed by atoms with van der Waals surface area (Å²) < 4.78 is 5.36. The maximum Gasteiger partial charge on any atom is 0.241 e. The number of hydrogen-bond donors (Lipinski definition) is 2. The van der Waals surface area contributed by atoms with Crippen molar-refractivity contribution in [2.45, 2.75) is 40.2 Å². The summed E-state index contributed by atoms with van der Waals surface area (Å²) in [5, 5.41) is 10.3. The van der Waals surface area contributed by atoms with Crippen molar-refractivity contribution < 1.29 is 9.32 Å². The summed E-state index contributed by atoms with van der Waals surface area (Å²) >= 11 is 0. The molecule has 1 amide bonds. The van der Waals surface area contributed by atoms with Crippen LogP contribution in [0.5, 0.6) is 0 Å². The van der Waals surface area contributed by atoms with Gasteiger partial charge in [-0.2, -0.15) is 0 Å². The minimum atomic E-state index is -0.0201. The fourth-order valence-electron chi connectivity index (χ4n) is 2.00. The van der Waals surface area contributed by atoms with Crippen LogP contribution in [-0.4, -0.2) is 49.1 Å². The molecule has 0 saturated carbocycles. The Morgan fingerprint density at radius 1 is 1.24 bits per heavy atom. The number of likely N-dealkylation sites (N-methyl/N-ethyl adjacent to an activating group) is 1. The van der Waals surface area contributed by atoms with Gasteiger partial charge < -0.3 is 20.1 Å². The van der Waals surface area contributed by atoms with Gasteiger partial charge in [-0.1, -0.05) is 31.2 Å². The fraction of sp³-hybridized carbons (Fsp3) is 0.588.